The molecule has 0 amide bonds. The summed E-state index contributed by atoms with van der Waals surface area (Å²) in [5.41, 5.74) is 7.70. The zero-order valence-corrected chi connectivity index (χ0v) is 9.18. The topological polar surface area (TPSA) is 69.6 Å². The van der Waals surface area contributed by atoms with Gasteiger partial charge in [0.05, 0.1) is 12.2 Å². The van der Waals surface area contributed by atoms with Crippen molar-refractivity contribution in [3.05, 3.63) is 18.1 Å². The Hall–Kier alpha value is -1.49. The number of hydrogen-bond acceptors (Lipinski definition) is 4. The summed E-state index contributed by atoms with van der Waals surface area (Å²) in [7, 11) is 1.92. The first-order valence-corrected chi connectivity index (χ1v) is 5.01. The van der Waals surface area contributed by atoms with Crippen molar-refractivity contribution in [1.82, 2.24) is 19.7 Å². The number of rotatable bonds is 2. The maximum absolute atomic E-state index is 6.07. The third-order valence-electron chi connectivity index (χ3n) is 2.59. The second kappa shape index (κ2) is 3.58. The van der Waals surface area contributed by atoms with E-state index in [1.807, 2.05) is 17.7 Å². The average Bonchev–Trinajstić information content (AvgIpc) is 2.56. The number of fused-ring (bicyclic) bond motifs is 1. The van der Waals surface area contributed by atoms with Crippen LogP contribution in [0.1, 0.15) is 25.7 Å². The van der Waals surface area contributed by atoms with Gasteiger partial charge in [-0.05, 0) is 12.0 Å². The minimum atomic E-state index is -0.0656. The number of aromatic nitrogens is 4. The molecule has 0 saturated carbocycles. The molecule has 2 rings (SSSR count). The first-order chi connectivity index (χ1) is 7.11. The second-order valence-electron chi connectivity index (χ2n) is 4.04. The number of aryl methyl sites for hydroxylation is 1. The first-order valence-electron chi connectivity index (χ1n) is 5.01. The molecule has 80 valence electrons. The number of hydrogen-bond donors (Lipinski definition) is 1. The minimum Gasteiger partial charge on any atom is -0.321 e. The Kier molecular flexibility index (Phi) is 2.40. The van der Waals surface area contributed by atoms with Crippen LogP contribution in [0.2, 0.25) is 0 Å². The van der Waals surface area contributed by atoms with E-state index in [-0.39, 0.29) is 6.04 Å². The predicted molar refractivity (Wildman–Crippen MR) is 58.1 cm³/mol. The molecule has 0 radical (unpaired) electrons. The van der Waals surface area contributed by atoms with Crippen LogP contribution in [0, 0.1) is 5.92 Å². The Morgan fingerprint density at radius 3 is 2.73 bits per heavy atom. The van der Waals surface area contributed by atoms with Gasteiger partial charge < -0.3 is 10.3 Å². The van der Waals surface area contributed by atoms with Gasteiger partial charge in [0.25, 0.3) is 0 Å². The molecule has 0 fully saturated rings. The fourth-order valence-corrected chi connectivity index (χ4v) is 1.55. The van der Waals surface area contributed by atoms with E-state index in [0.717, 1.165) is 17.0 Å². The summed E-state index contributed by atoms with van der Waals surface area (Å²) < 4.78 is 1.91. The molecular formula is C10H15N5. The average molecular weight is 205 g/mol. The smallest absolute Gasteiger partial charge is 0.182 e. The minimum absolute atomic E-state index is 0.0656. The van der Waals surface area contributed by atoms with Crippen molar-refractivity contribution >= 4 is 11.2 Å². The molecule has 0 aliphatic rings. The van der Waals surface area contributed by atoms with Gasteiger partial charge in [-0.1, -0.05) is 13.8 Å². The van der Waals surface area contributed by atoms with Crippen molar-refractivity contribution in [2.24, 2.45) is 18.7 Å². The second-order valence-corrected chi connectivity index (χ2v) is 4.04. The van der Waals surface area contributed by atoms with Gasteiger partial charge in [-0.2, -0.15) is 5.10 Å². The summed E-state index contributed by atoms with van der Waals surface area (Å²) >= 11 is 0. The van der Waals surface area contributed by atoms with Crippen LogP contribution in [0.25, 0.3) is 11.2 Å². The van der Waals surface area contributed by atoms with Crippen LogP contribution >= 0.6 is 0 Å². The Bertz CT molecular complexity index is 474. The molecular weight excluding hydrogens is 190 g/mol. The summed E-state index contributed by atoms with van der Waals surface area (Å²) in [4.78, 5) is 4.47. The largest absolute Gasteiger partial charge is 0.321 e. The Morgan fingerprint density at radius 1 is 1.40 bits per heavy atom. The molecule has 5 nitrogen and oxygen atoms in total. The van der Waals surface area contributed by atoms with Crippen LogP contribution < -0.4 is 5.73 Å². The highest BCUT2D eigenvalue weighted by Crippen LogP contribution is 2.20. The third kappa shape index (κ3) is 1.59. The Labute approximate surface area is 88.3 Å². The summed E-state index contributed by atoms with van der Waals surface area (Å²) in [6.07, 6.45) is 1.64. The lowest BCUT2D eigenvalue weighted by Gasteiger charge is -2.14. The quantitative estimate of drug-likeness (QED) is 0.794. The third-order valence-corrected chi connectivity index (χ3v) is 2.59. The van der Waals surface area contributed by atoms with E-state index in [2.05, 4.69) is 29.0 Å². The summed E-state index contributed by atoms with van der Waals surface area (Å²) in [6, 6.07) is 1.78. The van der Waals surface area contributed by atoms with Gasteiger partial charge in [-0.3, -0.25) is 0 Å². The molecule has 2 heterocycles. The van der Waals surface area contributed by atoms with E-state index >= 15 is 0 Å². The standard InChI is InChI=1S/C10H15N5/c1-6(2)8(11)10-13-7-4-5-12-14-9(7)15(10)3/h4-6,8H,11H2,1-3H3/t8-/m0/s1. The maximum atomic E-state index is 6.07. The summed E-state index contributed by atoms with van der Waals surface area (Å²) in [6.45, 7) is 4.16. The van der Waals surface area contributed by atoms with Gasteiger partial charge >= 0.3 is 0 Å². The number of nitrogens with two attached hydrogens (primary N) is 1. The zero-order chi connectivity index (χ0) is 11.0. The van der Waals surface area contributed by atoms with Crippen LogP contribution in [0.15, 0.2) is 12.3 Å². The van der Waals surface area contributed by atoms with Crippen LogP contribution in [0.3, 0.4) is 0 Å². The van der Waals surface area contributed by atoms with Crippen molar-refractivity contribution in [3.63, 3.8) is 0 Å². The zero-order valence-electron chi connectivity index (χ0n) is 9.18. The molecule has 0 aromatic carbocycles. The van der Waals surface area contributed by atoms with Crippen molar-refractivity contribution in [1.29, 1.82) is 0 Å². The van der Waals surface area contributed by atoms with Crippen molar-refractivity contribution < 1.29 is 0 Å². The first kappa shape index (κ1) is 10.0. The van der Waals surface area contributed by atoms with Gasteiger partial charge in [0.2, 0.25) is 0 Å². The lowest BCUT2D eigenvalue weighted by Crippen LogP contribution is -2.20. The molecule has 15 heavy (non-hydrogen) atoms. The molecule has 5 heteroatoms. The molecule has 2 N–H and O–H groups in total. The van der Waals surface area contributed by atoms with Gasteiger partial charge in [0, 0.05) is 7.05 Å². The lowest BCUT2D eigenvalue weighted by atomic mass is 10.1. The lowest BCUT2D eigenvalue weighted by molar-refractivity contribution is 0.479. The molecule has 0 saturated heterocycles. The monoisotopic (exact) mass is 205 g/mol. The predicted octanol–water partition coefficient (Wildman–Crippen LogP) is 1.02. The van der Waals surface area contributed by atoms with E-state index in [1.54, 1.807) is 6.20 Å². The van der Waals surface area contributed by atoms with Gasteiger partial charge in [0.1, 0.15) is 11.3 Å². The van der Waals surface area contributed by atoms with Crippen LogP contribution in [-0.4, -0.2) is 19.7 Å². The normalized spacial score (nSPS) is 13.7. The Morgan fingerprint density at radius 2 is 2.13 bits per heavy atom. The molecule has 2 aromatic rings. The van der Waals surface area contributed by atoms with Gasteiger partial charge in [0.15, 0.2) is 5.65 Å². The molecule has 0 unspecified atom stereocenters. The van der Waals surface area contributed by atoms with Crippen LogP contribution in [0.5, 0.6) is 0 Å². The van der Waals surface area contributed by atoms with Gasteiger partial charge in [-0.25, -0.2) is 4.98 Å². The van der Waals surface area contributed by atoms with E-state index in [9.17, 15) is 0 Å². The molecule has 0 aliphatic carbocycles. The van der Waals surface area contributed by atoms with Crippen LogP contribution in [0.4, 0.5) is 0 Å². The van der Waals surface area contributed by atoms with Crippen molar-refractivity contribution in [2.75, 3.05) is 0 Å². The van der Waals surface area contributed by atoms with E-state index < -0.39 is 0 Å². The SMILES string of the molecule is CC(C)[C@H](N)c1nc2ccnnc2n1C. The van der Waals surface area contributed by atoms with Gasteiger partial charge in [-0.15, -0.1) is 5.10 Å². The summed E-state index contributed by atoms with van der Waals surface area (Å²) in [5, 5.41) is 7.88. The van der Waals surface area contributed by atoms with Crippen molar-refractivity contribution in [2.45, 2.75) is 19.9 Å². The molecule has 0 bridgehead atoms. The highest BCUT2D eigenvalue weighted by molar-refractivity contribution is 5.70. The Balaban J connectivity index is 2.58. The number of imidazole rings is 1. The highest BCUT2D eigenvalue weighted by Gasteiger charge is 2.18. The highest BCUT2D eigenvalue weighted by atomic mass is 15.2. The van der Waals surface area contributed by atoms with Crippen LogP contribution in [-0.2, 0) is 7.05 Å². The maximum Gasteiger partial charge on any atom is 0.182 e. The van der Waals surface area contributed by atoms with E-state index in [0.29, 0.717) is 5.92 Å². The molecule has 0 aliphatic heterocycles. The van der Waals surface area contributed by atoms with E-state index in [4.69, 9.17) is 5.73 Å². The fraction of sp³-hybridized carbons (Fsp3) is 0.500. The summed E-state index contributed by atoms with van der Waals surface area (Å²) in [5.74, 6) is 1.22. The molecule has 1 atom stereocenters. The van der Waals surface area contributed by atoms with E-state index in [1.165, 1.54) is 0 Å². The molecule has 2 aromatic heterocycles. The number of nitrogens with zero attached hydrogens (tertiary/aromatic N) is 4. The van der Waals surface area contributed by atoms with Crippen molar-refractivity contribution in [3.8, 4) is 0 Å². The molecule has 0 spiro atoms. The fourth-order valence-electron chi connectivity index (χ4n) is 1.55.